The Morgan fingerprint density at radius 3 is 2.83 bits per heavy atom. The van der Waals surface area contributed by atoms with Gasteiger partial charge >= 0.3 is 0 Å². The highest BCUT2D eigenvalue weighted by molar-refractivity contribution is 6.09. The number of carbonyl (C=O) groups is 1. The van der Waals surface area contributed by atoms with Crippen LogP contribution in [-0.4, -0.2) is 22.5 Å². The minimum atomic E-state index is -0.305. The van der Waals surface area contributed by atoms with Crippen molar-refractivity contribution in [3.05, 3.63) is 70.9 Å². The average molecular weight is 405 g/mol. The molecule has 3 aromatic rings. The average Bonchev–Trinajstić information content (AvgIpc) is 2.87. The van der Waals surface area contributed by atoms with Crippen molar-refractivity contribution >= 4 is 28.7 Å². The summed E-state index contributed by atoms with van der Waals surface area (Å²) < 4.78 is 12.4. The van der Waals surface area contributed by atoms with Crippen LogP contribution in [0.3, 0.4) is 0 Å². The fraction of sp³-hybridized carbons (Fsp3) is 0.250. The van der Waals surface area contributed by atoms with Gasteiger partial charge in [-0.25, -0.2) is 4.98 Å². The number of hydrogen-bond donors (Lipinski definition) is 3. The normalized spacial score (nSPS) is 12.5. The van der Waals surface area contributed by atoms with E-state index in [-0.39, 0.29) is 24.6 Å². The van der Waals surface area contributed by atoms with E-state index in [1.165, 1.54) is 0 Å². The number of aromatic nitrogens is 1. The van der Waals surface area contributed by atoms with Gasteiger partial charge in [0.1, 0.15) is 11.6 Å². The van der Waals surface area contributed by atoms with E-state index in [1.807, 2.05) is 31.2 Å². The molecule has 154 valence electrons. The molecule has 0 fully saturated rings. The van der Waals surface area contributed by atoms with Crippen LogP contribution in [0.2, 0.25) is 0 Å². The van der Waals surface area contributed by atoms with E-state index in [2.05, 4.69) is 15.6 Å². The lowest BCUT2D eigenvalue weighted by atomic mass is 9.99. The fourth-order valence-corrected chi connectivity index (χ4v) is 3.72. The van der Waals surface area contributed by atoms with Crippen molar-refractivity contribution in [2.24, 2.45) is 0 Å². The lowest BCUT2D eigenvalue weighted by Gasteiger charge is -2.15. The first-order valence-corrected chi connectivity index (χ1v) is 10.1. The maximum Gasteiger partial charge on any atom is 0.173 e. The number of Topliss-reactive ketones (excluding diaryl/α,β-unsaturated/α-hetero) is 1. The predicted octanol–water partition coefficient (Wildman–Crippen LogP) is 5.61. The molecule has 0 radical (unpaired) electrons. The van der Waals surface area contributed by atoms with Gasteiger partial charge in [-0.3, -0.25) is 9.18 Å². The number of nitrogens with one attached hydrogen (secondary N) is 2. The van der Waals surface area contributed by atoms with Gasteiger partial charge in [0.25, 0.3) is 0 Å². The minimum Gasteiger partial charge on any atom is -0.508 e. The largest absolute Gasteiger partial charge is 0.508 e. The number of phenols is 1. The summed E-state index contributed by atoms with van der Waals surface area (Å²) >= 11 is 0. The molecule has 0 unspecified atom stereocenters. The van der Waals surface area contributed by atoms with Gasteiger partial charge in [-0.15, -0.1) is 0 Å². The first-order chi connectivity index (χ1) is 14.5. The van der Waals surface area contributed by atoms with Crippen LogP contribution in [0.4, 0.5) is 27.3 Å². The number of phenolic OH excluding ortho intramolecular Hbond substituents is 1. The number of fused-ring (bicyclic) bond motifs is 2. The van der Waals surface area contributed by atoms with Crippen molar-refractivity contribution in [1.82, 2.24) is 4.98 Å². The van der Waals surface area contributed by atoms with Crippen LogP contribution in [-0.2, 0) is 12.8 Å². The third-order valence-electron chi connectivity index (χ3n) is 5.34. The third kappa shape index (κ3) is 4.13. The Bertz CT molecular complexity index is 1100. The van der Waals surface area contributed by atoms with Gasteiger partial charge in [-0.05, 0) is 61.1 Å². The molecule has 0 amide bonds. The van der Waals surface area contributed by atoms with Crippen molar-refractivity contribution in [2.45, 2.75) is 32.6 Å². The molecule has 0 spiro atoms. The number of nitrogens with zero attached hydrogens (tertiary/aromatic N) is 1. The number of aromatic hydroxyl groups is 1. The van der Waals surface area contributed by atoms with Gasteiger partial charge in [0, 0.05) is 30.1 Å². The van der Waals surface area contributed by atoms with Crippen LogP contribution in [0.1, 0.15) is 39.9 Å². The van der Waals surface area contributed by atoms with E-state index in [0.717, 1.165) is 40.9 Å². The number of pyridine rings is 1. The monoisotopic (exact) mass is 405 g/mol. The molecular formula is C24H24FN3O2. The van der Waals surface area contributed by atoms with Gasteiger partial charge in [0.15, 0.2) is 5.78 Å². The van der Waals surface area contributed by atoms with Gasteiger partial charge in [0.2, 0.25) is 0 Å². The standard InChI is InChI=1S/C24H24FN3O2/c1-15-5-7-18(29)14-21(15)27-20-9-11-26-24-23(20)22(30)13-17-12-16(4-2-3-10-25)6-8-19(17)28-24/h5-9,11-12,14,29H,2-4,10,13H2,1H3,(H2,26,27,28). The van der Waals surface area contributed by atoms with E-state index in [0.29, 0.717) is 23.5 Å². The summed E-state index contributed by atoms with van der Waals surface area (Å²) in [5.41, 5.74) is 5.69. The lowest BCUT2D eigenvalue weighted by molar-refractivity contribution is 0.0995. The number of hydrogen-bond acceptors (Lipinski definition) is 5. The number of anilines is 4. The first kappa shape index (κ1) is 19.9. The van der Waals surface area contributed by atoms with Crippen molar-refractivity contribution in [1.29, 1.82) is 0 Å². The predicted molar refractivity (Wildman–Crippen MR) is 117 cm³/mol. The molecule has 5 nitrogen and oxygen atoms in total. The molecule has 2 aromatic carbocycles. The number of aryl methyl sites for hydroxylation is 2. The number of benzene rings is 2. The Balaban J connectivity index is 1.65. The topological polar surface area (TPSA) is 74.2 Å². The number of alkyl halides is 1. The third-order valence-corrected chi connectivity index (χ3v) is 5.34. The lowest BCUT2D eigenvalue weighted by Crippen LogP contribution is -2.08. The van der Waals surface area contributed by atoms with Crippen LogP contribution in [0, 0.1) is 6.92 Å². The number of halogens is 1. The molecule has 0 saturated heterocycles. The molecule has 0 bridgehead atoms. The number of ketones is 1. The van der Waals surface area contributed by atoms with E-state index in [4.69, 9.17) is 0 Å². The van der Waals surface area contributed by atoms with E-state index in [9.17, 15) is 14.3 Å². The van der Waals surface area contributed by atoms with E-state index in [1.54, 1.807) is 24.4 Å². The van der Waals surface area contributed by atoms with Crippen LogP contribution in [0.15, 0.2) is 48.7 Å². The quantitative estimate of drug-likeness (QED) is 0.465. The Morgan fingerprint density at radius 1 is 1.13 bits per heavy atom. The molecule has 30 heavy (non-hydrogen) atoms. The second-order valence-corrected chi connectivity index (χ2v) is 7.57. The summed E-state index contributed by atoms with van der Waals surface area (Å²) in [5.74, 6) is 0.623. The second kappa shape index (κ2) is 8.53. The molecule has 0 saturated carbocycles. The van der Waals surface area contributed by atoms with Crippen LogP contribution < -0.4 is 10.6 Å². The van der Waals surface area contributed by atoms with Crippen LogP contribution in [0.25, 0.3) is 0 Å². The zero-order chi connectivity index (χ0) is 21.1. The molecular weight excluding hydrogens is 381 g/mol. The molecule has 4 rings (SSSR count). The summed E-state index contributed by atoms with van der Waals surface area (Å²) in [4.78, 5) is 17.6. The maximum atomic E-state index is 13.2. The minimum absolute atomic E-state index is 0.0365. The van der Waals surface area contributed by atoms with Crippen LogP contribution in [0.5, 0.6) is 5.75 Å². The zero-order valence-electron chi connectivity index (χ0n) is 16.8. The van der Waals surface area contributed by atoms with Crippen LogP contribution >= 0.6 is 0 Å². The molecule has 0 atom stereocenters. The van der Waals surface area contributed by atoms with E-state index >= 15 is 0 Å². The Kier molecular flexibility index (Phi) is 5.65. The second-order valence-electron chi connectivity index (χ2n) is 7.57. The first-order valence-electron chi connectivity index (χ1n) is 10.1. The Hall–Kier alpha value is -3.41. The maximum absolute atomic E-state index is 13.2. The summed E-state index contributed by atoms with van der Waals surface area (Å²) in [7, 11) is 0. The van der Waals surface area contributed by atoms with Gasteiger partial charge < -0.3 is 15.7 Å². The molecule has 1 aliphatic rings. The zero-order valence-corrected chi connectivity index (χ0v) is 16.8. The fourth-order valence-electron chi connectivity index (χ4n) is 3.72. The van der Waals surface area contributed by atoms with Gasteiger partial charge in [-0.1, -0.05) is 18.2 Å². The summed E-state index contributed by atoms with van der Waals surface area (Å²) in [5, 5.41) is 16.4. The number of rotatable bonds is 6. The highest BCUT2D eigenvalue weighted by Gasteiger charge is 2.24. The van der Waals surface area contributed by atoms with Gasteiger partial charge in [0.05, 0.1) is 17.9 Å². The summed E-state index contributed by atoms with van der Waals surface area (Å²) in [6.45, 7) is 1.63. The number of unbranched alkanes of at least 4 members (excludes halogenated alkanes) is 1. The summed E-state index contributed by atoms with van der Waals surface area (Å²) in [6, 6.07) is 12.8. The molecule has 6 heteroatoms. The highest BCUT2D eigenvalue weighted by atomic mass is 19.1. The molecule has 1 aliphatic heterocycles. The molecule has 1 aromatic heterocycles. The SMILES string of the molecule is Cc1ccc(O)cc1Nc1ccnc2c1C(=O)Cc1cc(CCCCF)ccc1N2. The van der Waals surface area contributed by atoms with Crippen molar-refractivity contribution in [3.63, 3.8) is 0 Å². The molecule has 0 aliphatic carbocycles. The summed E-state index contributed by atoms with van der Waals surface area (Å²) in [6.07, 6.45) is 4.03. The highest BCUT2D eigenvalue weighted by Crippen LogP contribution is 2.35. The van der Waals surface area contributed by atoms with Crippen molar-refractivity contribution in [3.8, 4) is 5.75 Å². The molecule has 2 heterocycles. The van der Waals surface area contributed by atoms with E-state index < -0.39 is 0 Å². The Morgan fingerprint density at radius 2 is 2.00 bits per heavy atom. The van der Waals surface area contributed by atoms with Crippen molar-refractivity contribution in [2.75, 3.05) is 17.3 Å². The van der Waals surface area contributed by atoms with Gasteiger partial charge in [-0.2, -0.15) is 0 Å². The number of carbonyl (C=O) groups excluding carboxylic acids is 1. The smallest absolute Gasteiger partial charge is 0.173 e. The van der Waals surface area contributed by atoms with Crippen molar-refractivity contribution < 1.29 is 14.3 Å². The Labute approximate surface area is 175 Å². The molecule has 3 N–H and O–H groups in total.